The third-order valence-corrected chi connectivity index (χ3v) is 2.99. The Hall–Kier alpha value is -0.160. The maximum Gasteiger partial charge on any atom is 0.00391 e. The average molecular weight is 260 g/mol. The summed E-state index contributed by atoms with van der Waals surface area (Å²) in [7, 11) is 0. The quantitative estimate of drug-likeness (QED) is 0.449. The van der Waals surface area contributed by atoms with Crippen LogP contribution in [0.15, 0.2) is 0 Å². The van der Waals surface area contributed by atoms with Crippen LogP contribution in [-0.4, -0.2) is 25.2 Å². The van der Waals surface area contributed by atoms with E-state index in [9.17, 15) is 0 Å². The van der Waals surface area contributed by atoms with E-state index >= 15 is 0 Å². The fraction of sp³-hybridized carbons (Fsp3) is 1.00. The number of hydrogen-bond acceptors (Lipinski definition) is 4. The molecule has 0 saturated carbocycles. The Morgan fingerprint density at radius 2 is 1.28 bits per heavy atom. The van der Waals surface area contributed by atoms with Crippen LogP contribution in [0, 0.1) is 0 Å². The van der Waals surface area contributed by atoms with Crippen molar-refractivity contribution in [3.63, 3.8) is 0 Å². The molecule has 0 radical (unpaired) electrons. The topological polar surface area (TPSA) is 104 Å². The molecule has 0 aliphatic rings. The zero-order chi connectivity index (χ0) is 14.2. The maximum atomic E-state index is 5.71. The Kier molecular flexibility index (Phi) is 18.9. The summed E-state index contributed by atoms with van der Waals surface area (Å²) in [6, 6.07) is 0.787. The van der Waals surface area contributed by atoms with Gasteiger partial charge in [0.25, 0.3) is 0 Å². The van der Waals surface area contributed by atoms with Crippen molar-refractivity contribution in [1.29, 1.82) is 0 Å². The Labute approximate surface area is 114 Å². The van der Waals surface area contributed by atoms with Gasteiger partial charge in [-0.2, -0.15) is 0 Å². The number of unbranched alkanes of at least 4 members (excludes halogenated alkanes) is 1. The van der Waals surface area contributed by atoms with E-state index in [-0.39, 0.29) is 0 Å². The second-order valence-electron chi connectivity index (χ2n) is 4.93. The van der Waals surface area contributed by atoms with Crippen molar-refractivity contribution >= 4 is 0 Å². The molecular weight excluding hydrogens is 224 g/mol. The van der Waals surface area contributed by atoms with Crippen LogP contribution in [0.25, 0.3) is 0 Å². The summed E-state index contributed by atoms with van der Waals surface area (Å²) in [4.78, 5) is 0. The van der Waals surface area contributed by atoms with Gasteiger partial charge in [-0.1, -0.05) is 26.7 Å². The zero-order valence-corrected chi connectivity index (χ0v) is 12.5. The summed E-state index contributed by atoms with van der Waals surface area (Å²) in [6.07, 6.45) is 9.01. The lowest BCUT2D eigenvalue weighted by Gasteiger charge is -2.07. The third kappa shape index (κ3) is 18.2. The van der Waals surface area contributed by atoms with Crippen molar-refractivity contribution in [2.75, 3.05) is 13.1 Å². The molecule has 0 aromatic carbocycles. The first-order valence-corrected chi connectivity index (χ1v) is 7.53. The monoisotopic (exact) mass is 260 g/mol. The van der Waals surface area contributed by atoms with E-state index in [2.05, 4.69) is 13.8 Å². The Morgan fingerprint density at radius 3 is 1.72 bits per heavy atom. The van der Waals surface area contributed by atoms with Crippen LogP contribution < -0.4 is 22.9 Å². The van der Waals surface area contributed by atoms with Crippen molar-refractivity contribution in [2.45, 2.75) is 77.3 Å². The molecule has 0 aliphatic carbocycles. The van der Waals surface area contributed by atoms with E-state index in [1.165, 1.54) is 12.8 Å². The third-order valence-electron chi connectivity index (χ3n) is 2.99. The van der Waals surface area contributed by atoms with E-state index < -0.39 is 0 Å². The highest BCUT2D eigenvalue weighted by atomic mass is 14.6. The molecular formula is C14H36N4. The molecule has 2 unspecified atom stereocenters. The van der Waals surface area contributed by atoms with Gasteiger partial charge >= 0.3 is 0 Å². The lowest BCUT2D eigenvalue weighted by atomic mass is 10.1. The zero-order valence-electron chi connectivity index (χ0n) is 12.5. The van der Waals surface area contributed by atoms with Crippen LogP contribution in [0.4, 0.5) is 0 Å². The Bertz CT molecular complexity index is 142. The lowest BCUT2D eigenvalue weighted by Crippen LogP contribution is -2.20. The molecule has 0 amide bonds. The number of hydrogen-bond donors (Lipinski definition) is 4. The van der Waals surface area contributed by atoms with Crippen LogP contribution in [0.3, 0.4) is 0 Å². The van der Waals surface area contributed by atoms with Gasteiger partial charge in [-0.25, -0.2) is 0 Å². The van der Waals surface area contributed by atoms with Crippen molar-refractivity contribution in [2.24, 2.45) is 22.9 Å². The summed E-state index contributed by atoms with van der Waals surface area (Å²) in [5.41, 5.74) is 22.0. The van der Waals surface area contributed by atoms with E-state index in [0.717, 1.165) is 51.6 Å². The lowest BCUT2D eigenvalue weighted by molar-refractivity contribution is 0.543. The molecule has 0 aromatic heterocycles. The van der Waals surface area contributed by atoms with Gasteiger partial charge in [-0.15, -0.1) is 0 Å². The molecule has 0 aromatic rings. The van der Waals surface area contributed by atoms with Crippen LogP contribution in [-0.2, 0) is 0 Å². The fourth-order valence-electron chi connectivity index (χ4n) is 1.65. The molecule has 8 N–H and O–H groups in total. The van der Waals surface area contributed by atoms with Crippen molar-refractivity contribution in [3.05, 3.63) is 0 Å². The predicted octanol–water partition coefficient (Wildman–Crippen LogP) is 1.71. The minimum absolute atomic E-state index is 0.388. The highest BCUT2D eigenvalue weighted by Crippen LogP contribution is 2.00. The van der Waals surface area contributed by atoms with Gasteiger partial charge in [0.2, 0.25) is 0 Å². The standard InChI is InChI=1S/2C7H18N2/c1-2-7(9)5-3-4-6-8;1-2-4-7(9)5-3-6-8/h2*7H,2-6,8-9H2,1H3. The molecule has 0 heterocycles. The van der Waals surface area contributed by atoms with E-state index in [1.54, 1.807) is 0 Å². The van der Waals surface area contributed by atoms with Gasteiger partial charge < -0.3 is 22.9 Å². The van der Waals surface area contributed by atoms with E-state index in [0.29, 0.717) is 12.1 Å². The normalized spacial score (nSPS) is 13.7. The molecule has 18 heavy (non-hydrogen) atoms. The van der Waals surface area contributed by atoms with Crippen LogP contribution >= 0.6 is 0 Å². The summed E-state index contributed by atoms with van der Waals surface area (Å²) in [6.45, 7) is 5.85. The van der Waals surface area contributed by atoms with Crippen LogP contribution in [0.2, 0.25) is 0 Å². The second kappa shape index (κ2) is 16.8. The smallest absolute Gasteiger partial charge is 0.00391 e. The summed E-state index contributed by atoms with van der Waals surface area (Å²) < 4.78 is 0. The fourth-order valence-corrected chi connectivity index (χ4v) is 1.65. The van der Waals surface area contributed by atoms with E-state index in [1.807, 2.05) is 0 Å². The predicted molar refractivity (Wildman–Crippen MR) is 82.3 cm³/mol. The largest absolute Gasteiger partial charge is 0.330 e. The first-order chi connectivity index (χ1) is 8.62. The number of nitrogens with two attached hydrogens (primary N) is 4. The molecule has 0 spiro atoms. The molecule has 112 valence electrons. The summed E-state index contributed by atoms with van der Waals surface area (Å²) >= 11 is 0. The minimum atomic E-state index is 0.388. The second-order valence-corrected chi connectivity index (χ2v) is 4.93. The van der Waals surface area contributed by atoms with E-state index in [4.69, 9.17) is 22.9 Å². The SMILES string of the molecule is CCC(N)CCCCN.CCCC(N)CCCN. The molecule has 0 rings (SSSR count). The molecule has 4 nitrogen and oxygen atoms in total. The van der Waals surface area contributed by atoms with Gasteiger partial charge in [-0.3, -0.25) is 0 Å². The highest BCUT2D eigenvalue weighted by Gasteiger charge is 1.97. The van der Waals surface area contributed by atoms with Gasteiger partial charge in [0.15, 0.2) is 0 Å². The van der Waals surface area contributed by atoms with Crippen molar-refractivity contribution < 1.29 is 0 Å². The minimum Gasteiger partial charge on any atom is -0.330 e. The van der Waals surface area contributed by atoms with Gasteiger partial charge in [0, 0.05) is 12.1 Å². The van der Waals surface area contributed by atoms with Crippen molar-refractivity contribution in [1.82, 2.24) is 0 Å². The maximum absolute atomic E-state index is 5.71. The number of rotatable bonds is 10. The summed E-state index contributed by atoms with van der Waals surface area (Å²) in [5.74, 6) is 0. The Morgan fingerprint density at radius 1 is 0.722 bits per heavy atom. The molecule has 0 saturated heterocycles. The van der Waals surface area contributed by atoms with Crippen molar-refractivity contribution in [3.8, 4) is 0 Å². The molecule has 0 aliphatic heterocycles. The molecule has 0 fully saturated rings. The van der Waals surface area contributed by atoms with Crippen LogP contribution in [0.5, 0.6) is 0 Å². The Balaban J connectivity index is 0. The van der Waals surface area contributed by atoms with Crippen LogP contribution in [0.1, 0.15) is 65.2 Å². The van der Waals surface area contributed by atoms with Gasteiger partial charge in [0.05, 0.1) is 0 Å². The van der Waals surface area contributed by atoms with Gasteiger partial charge in [-0.05, 0) is 51.6 Å². The first-order valence-electron chi connectivity index (χ1n) is 7.53. The summed E-state index contributed by atoms with van der Waals surface area (Å²) in [5, 5.41) is 0. The average Bonchev–Trinajstić information content (AvgIpc) is 2.37. The molecule has 0 bridgehead atoms. The first kappa shape index (κ1) is 20.2. The highest BCUT2D eigenvalue weighted by molar-refractivity contribution is 4.59. The van der Waals surface area contributed by atoms with Gasteiger partial charge in [0.1, 0.15) is 0 Å². The molecule has 4 heteroatoms. The molecule has 2 atom stereocenters.